The quantitative estimate of drug-likeness (QED) is 0.733. The fourth-order valence-electron chi connectivity index (χ4n) is 4.45. The van der Waals surface area contributed by atoms with Crippen LogP contribution in [0.2, 0.25) is 0 Å². The van der Waals surface area contributed by atoms with Gasteiger partial charge in [-0.2, -0.15) is 0 Å². The summed E-state index contributed by atoms with van der Waals surface area (Å²) in [5.41, 5.74) is 0.952. The highest BCUT2D eigenvalue weighted by Crippen LogP contribution is 2.32. The molecule has 136 valence electrons. The van der Waals surface area contributed by atoms with Gasteiger partial charge in [0, 0.05) is 17.6 Å². The standard InChI is InChI=1S/C21H29NO3/c1-25-19-12-13-20(16(14-19)15-23)21(24)22(17-8-4-2-5-9-17)18-10-6-3-7-11-18/h12-15,17-18H,2-11H2,1H3. The van der Waals surface area contributed by atoms with Crippen molar-refractivity contribution < 1.29 is 14.3 Å². The molecule has 2 aliphatic carbocycles. The number of benzene rings is 1. The minimum atomic E-state index is 0.0311. The van der Waals surface area contributed by atoms with Crippen LogP contribution in [0.3, 0.4) is 0 Å². The van der Waals surface area contributed by atoms with Crippen molar-refractivity contribution in [1.82, 2.24) is 4.90 Å². The molecule has 0 aliphatic heterocycles. The number of amides is 1. The normalized spacial score (nSPS) is 19.4. The Labute approximate surface area is 150 Å². The van der Waals surface area contributed by atoms with E-state index in [0.29, 0.717) is 29.0 Å². The van der Waals surface area contributed by atoms with Gasteiger partial charge < -0.3 is 9.64 Å². The lowest BCUT2D eigenvalue weighted by molar-refractivity contribution is 0.0447. The van der Waals surface area contributed by atoms with Crippen LogP contribution in [-0.2, 0) is 0 Å². The Morgan fingerprint density at radius 2 is 1.56 bits per heavy atom. The molecule has 0 atom stereocenters. The van der Waals surface area contributed by atoms with Crippen molar-refractivity contribution in [1.29, 1.82) is 0 Å². The van der Waals surface area contributed by atoms with Gasteiger partial charge in [0.15, 0.2) is 6.29 Å². The van der Waals surface area contributed by atoms with E-state index in [0.717, 1.165) is 32.0 Å². The van der Waals surface area contributed by atoms with E-state index in [1.807, 2.05) is 0 Å². The molecule has 2 aliphatic rings. The Bertz CT molecular complexity index is 583. The third kappa shape index (κ3) is 4.05. The maximum atomic E-state index is 13.4. The minimum Gasteiger partial charge on any atom is -0.497 e. The highest BCUT2D eigenvalue weighted by molar-refractivity contribution is 6.02. The van der Waals surface area contributed by atoms with Gasteiger partial charge in [0.25, 0.3) is 5.91 Å². The van der Waals surface area contributed by atoms with Gasteiger partial charge in [-0.15, -0.1) is 0 Å². The number of ether oxygens (including phenoxy) is 1. The summed E-state index contributed by atoms with van der Waals surface area (Å²) < 4.78 is 5.20. The van der Waals surface area contributed by atoms with Gasteiger partial charge in [-0.1, -0.05) is 38.5 Å². The molecule has 1 aromatic carbocycles. The first-order chi connectivity index (χ1) is 12.2. The summed E-state index contributed by atoms with van der Waals surface area (Å²) >= 11 is 0. The average molecular weight is 343 g/mol. The maximum Gasteiger partial charge on any atom is 0.255 e. The highest BCUT2D eigenvalue weighted by atomic mass is 16.5. The second-order valence-corrected chi connectivity index (χ2v) is 7.37. The van der Waals surface area contributed by atoms with E-state index in [4.69, 9.17) is 4.74 Å². The lowest BCUT2D eigenvalue weighted by Crippen LogP contribution is -2.49. The third-order valence-corrected chi connectivity index (χ3v) is 5.79. The number of hydrogen-bond donors (Lipinski definition) is 0. The molecule has 0 radical (unpaired) electrons. The molecule has 0 bridgehead atoms. The topological polar surface area (TPSA) is 46.6 Å². The van der Waals surface area contributed by atoms with Crippen molar-refractivity contribution in [3.8, 4) is 5.75 Å². The van der Waals surface area contributed by atoms with Crippen molar-refractivity contribution in [2.45, 2.75) is 76.3 Å². The number of carbonyl (C=O) groups excluding carboxylic acids is 2. The second kappa shape index (κ2) is 8.50. The number of nitrogens with zero attached hydrogens (tertiary/aromatic N) is 1. The molecule has 4 nitrogen and oxygen atoms in total. The lowest BCUT2D eigenvalue weighted by atomic mass is 9.87. The number of aldehydes is 1. The first-order valence-electron chi connectivity index (χ1n) is 9.70. The van der Waals surface area contributed by atoms with Crippen molar-refractivity contribution in [2.75, 3.05) is 7.11 Å². The smallest absolute Gasteiger partial charge is 0.255 e. The van der Waals surface area contributed by atoms with Crippen LogP contribution < -0.4 is 4.74 Å². The van der Waals surface area contributed by atoms with Crippen LogP contribution in [0.1, 0.15) is 84.9 Å². The molecule has 4 heteroatoms. The van der Waals surface area contributed by atoms with E-state index in [9.17, 15) is 9.59 Å². The predicted molar refractivity (Wildman–Crippen MR) is 98.3 cm³/mol. The average Bonchev–Trinajstić information content (AvgIpc) is 2.69. The van der Waals surface area contributed by atoms with Crippen LogP contribution >= 0.6 is 0 Å². The number of methoxy groups -OCH3 is 1. The molecular formula is C21H29NO3. The zero-order chi connectivity index (χ0) is 17.6. The van der Waals surface area contributed by atoms with E-state index in [1.54, 1.807) is 25.3 Å². The van der Waals surface area contributed by atoms with Gasteiger partial charge in [-0.05, 0) is 43.9 Å². The highest BCUT2D eigenvalue weighted by Gasteiger charge is 2.33. The Morgan fingerprint density at radius 3 is 2.04 bits per heavy atom. The number of carbonyl (C=O) groups is 2. The molecule has 1 aromatic rings. The van der Waals surface area contributed by atoms with Crippen LogP contribution in [0, 0.1) is 0 Å². The van der Waals surface area contributed by atoms with E-state index in [1.165, 1.54) is 38.5 Å². The summed E-state index contributed by atoms with van der Waals surface area (Å²) in [5.74, 6) is 0.643. The van der Waals surface area contributed by atoms with E-state index >= 15 is 0 Å². The number of hydrogen-bond acceptors (Lipinski definition) is 3. The zero-order valence-corrected chi connectivity index (χ0v) is 15.2. The summed E-state index contributed by atoms with van der Waals surface area (Å²) in [4.78, 5) is 27.1. The van der Waals surface area contributed by atoms with Crippen molar-refractivity contribution in [3.63, 3.8) is 0 Å². The van der Waals surface area contributed by atoms with E-state index in [-0.39, 0.29) is 5.91 Å². The molecular weight excluding hydrogens is 314 g/mol. The second-order valence-electron chi connectivity index (χ2n) is 7.37. The molecule has 0 unspecified atom stereocenters. The molecule has 0 saturated heterocycles. The Balaban J connectivity index is 1.91. The fourth-order valence-corrected chi connectivity index (χ4v) is 4.45. The Morgan fingerprint density at radius 1 is 1.00 bits per heavy atom. The van der Waals surface area contributed by atoms with Crippen molar-refractivity contribution in [3.05, 3.63) is 29.3 Å². The maximum absolute atomic E-state index is 13.4. The summed E-state index contributed by atoms with van der Waals surface area (Å²) in [6.45, 7) is 0. The molecule has 0 heterocycles. The fraction of sp³-hybridized carbons (Fsp3) is 0.619. The molecule has 0 aromatic heterocycles. The molecule has 0 spiro atoms. The zero-order valence-electron chi connectivity index (χ0n) is 15.2. The van der Waals surface area contributed by atoms with Gasteiger partial charge in [-0.3, -0.25) is 9.59 Å². The molecule has 25 heavy (non-hydrogen) atoms. The van der Waals surface area contributed by atoms with Crippen LogP contribution in [0.5, 0.6) is 5.75 Å². The van der Waals surface area contributed by atoms with Gasteiger partial charge in [0.05, 0.1) is 12.7 Å². The molecule has 3 rings (SSSR count). The van der Waals surface area contributed by atoms with E-state index < -0.39 is 0 Å². The van der Waals surface area contributed by atoms with Gasteiger partial charge >= 0.3 is 0 Å². The molecule has 0 N–H and O–H groups in total. The summed E-state index contributed by atoms with van der Waals surface area (Å²) in [7, 11) is 1.57. The Hall–Kier alpha value is -1.84. The van der Waals surface area contributed by atoms with Crippen molar-refractivity contribution in [2.24, 2.45) is 0 Å². The van der Waals surface area contributed by atoms with Crippen LogP contribution in [0.15, 0.2) is 18.2 Å². The minimum absolute atomic E-state index is 0.0311. The third-order valence-electron chi connectivity index (χ3n) is 5.79. The summed E-state index contributed by atoms with van der Waals surface area (Å²) in [6.07, 6.45) is 12.5. The summed E-state index contributed by atoms with van der Waals surface area (Å²) in [6, 6.07) is 5.85. The SMILES string of the molecule is COc1ccc(C(=O)N(C2CCCCC2)C2CCCCC2)c(C=O)c1. The lowest BCUT2D eigenvalue weighted by Gasteiger charge is -2.42. The predicted octanol–water partition coefficient (Wildman–Crippen LogP) is 4.62. The van der Waals surface area contributed by atoms with Gasteiger partial charge in [-0.25, -0.2) is 0 Å². The monoisotopic (exact) mass is 343 g/mol. The van der Waals surface area contributed by atoms with Crippen LogP contribution in [-0.4, -0.2) is 36.3 Å². The van der Waals surface area contributed by atoms with Gasteiger partial charge in [0.1, 0.15) is 5.75 Å². The number of rotatable bonds is 5. The van der Waals surface area contributed by atoms with Gasteiger partial charge in [0.2, 0.25) is 0 Å². The summed E-state index contributed by atoms with van der Waals surface area (Å²) in [5, 5.41) is 0. The Kier molecular flexibility index (Phi) is 6.11. The molecule has 2 saturated carbocycles. The first kappa shape index (κ1) is 18.0. The van der Waals surface area contributed by atoms with Crippen LogP contribution in [0.4, 0.5) is 0 Å². The molecule has 1 amide bonds. The molecule has 2 fully saturated rings. The first-order valence-corrected chi connectivity index (χ1v) is 9.70. The van der Waals surface area contributed by atoms with Crippen LogP contribution in [0.25, 0.3) is 0 Å². The largest absolute Gasteiger partial charge is 0.497 e. The van der Waals surface area contributed by atoms with Crippen molar-refractivity contribution >= 4 is 12.2 Å². The van der Waals surface area contributed by atoms with E-state index in [2.05, 4.69) is 4.90 Å².